The Kier molecular flexibility index (Phi) is 12.5. The smallest absolute Gasteiger partial charge is 0.449 e. The second-order valence-corrected chi connectivity index (χ2v) is 14.2. The number of alkyl carbamates (subject to hydrolysis) is 1. The minimum Gasteiger partial charge on any atom is -0.449 e. The van der Waals surface area contributed by atoms with Crippen LogP contribution < -0.4 is 20.7 Å². The molecule has 0 spiro atoms. The van der Waals surface area contributed by atoms with E-state index in [1.807, 2.05) is 48.5 Å². The molecule has 0 bridgehead atoms. The van der Waals surface area contributed by atoms with Crippen molar-refractivity contribution >= 4 is 41.3 Å². The number of fused-ring (bicyclic) bond motifs is 3. The lowest BCUT2D eigenvalue weighted by molar-refractivity contribution is -0.384. The van der Waals surface area contributed by atoms with E-state index in [1.54, 1.807) is 45.0 Å². The summed E-state index contributed by atoms with van der Waals surface area (Å²) < 4.78 is 15.8. The van der Waals surface area contributed by atoms with Crippen LogP contribution in [0.1, 0.15) is 56.2 Å². The van der Waals surface area contributed by atoms with Gasteiger partial charge in [-0.05, 0) is 77.8 Å². The van der Waals surface area contributed by atoms with Gasteiger partial charge in [-0.25, -0.2) is 9.59 Å². The van der Waals surface area contributed by atoms with Crippen molar-refractivity contribution < 1.29 is 43.1 Å². The fourth-order valence-corrected chi connectivity index (χ4v) is 7.02. The summed E-state index contributed by atoms with van der Waals surface area (Å²) in [7, 11) is 0. The summed E-state index contributed by atoms with van der Waals surface area (Å²) in [5.41, 5.74) is 5.22. The fourth-order valence-electron chi connectivity index (χ4n) is 7.02. The van der Waals surface area contributed by atoms with Crippen LogP contribution in [0.15, 0.2) is 97.1 Å². The van der Waals surface area contributed by atoms with Crippen LogP contribution in [0, 0.1) is 16.0 Å². The van der Waals surface area contributed by atoms with Gasteiger partial charge in [0.15, 0.2) is 0 Å². The Morgan fingerprint density at radius 3 is 2.07 bits per heavy atom. The monoisotopic (exact) mass is 777 g/mol. The summed E-state index contributed by atoms with van der Waals surface area (Å²) in [6.45, 7) is 5.40. The lowest BCUT2D eigenvalue weighted by Gasteiger charge is -2.29. The molecule has 15 heteroatoms. The molecular formula is C42H43N5O10. The van der Waals surface area contributed by atoms with Gasteiger partial charge in [0, 0.05) is 30.3 Å². The molecule has 3 atom stereocenters. The molecule has 4 aromatic carbocycles. The summed E-state index contributed by atoms with van der Waals surface area (Å²) >= 11 is 0. The van der Waals surface area contributed by atoms with Crippen molar-refractivity contribution in [2.24, 2.45) is 5.92 Å². The number of rotatable bonds is 13. The van der Waals surface area contributed by atoms with Crippen LogP contribution in [0.5, 0.6) is 5.75 Å². The third-order valence-corrected chi connectivity index (χ3v) is 9.96. The maximum atomic E-state index is 13.6. The highest BCUT2D eigenvalue weighted by Crippen LogP contribution is 2.44. The molecular weight excluding hydrogens is 734 g/mol. The second kappa shape index (κ2) is 17.8. The van der Waals surface area contributed by atoms with E-state index in [1.165, 1.54) is 29.2 Å². The number of hydrogen-bond acceptors (Lipinski definition) is 10. The van der Waals surface area contributed by atoms with Crippen LogP contribution in [0.2, 0.25) is 0 Å². The van der Waals surface area contributed by atoms with E-state index in [0.29, 0.717) is 30.6 Å². The molecule has 4 aromatic rings. The molecule has 4 amide bonds. The van der Waals surface area contributed by atoms with Crippen LogP contribution in [0.4, 0.5) is 21.0 Å². The highest BCUT2D eigenvalue weighted by Gasteiger charge is 2.38. The third-order valence-electron chi connectivity index (χ3n) is 9.96. The molecule has 2 aliphatic rings. The summed E-state index contributed by atoms with van der Waals surface area (Å²) in [5.74, 6) is -1.73. The lowest BCUT2D eigenvalue weighted by Crippen LogP contribution is -2.56. The predicted molar refractivity (Wildman–Crippen MR) is 208 cm³/mol. The first kappa shape index (κ1) is 39.9. The Hall–Kier alpha value is -6.77. The maximum Gasteiger partial charge on any atom is 0.514 e. The maximum absolute atomic E-state index is 13.6. The number of nitro benzene ring substituents is 1. The van der Waals surface area contributed by atoms with Crippen molar-refractivity contribution in [2.75, 3.05) is 18.5 Å². The van der Waals surface area contributed by atoms with E-state index in [2.05, 4.69) is 16.0 Å². The van der Waals surface area contributed by atoms with Crippen LogP contribution in [-0.2, 0) is 30.5 Å². The number of carbonyl (C=O) groups excluding carboxylic acids is 5. The molecule has 57 heavy (non-hydrogen) atoms. The standard InChI is InChI=1S/C42H43N5O10/c1-25(2)37(39(49)44-28-16-14-27(15-17-28)23-56-42(52)57-30-20-18-29(19-21-30)47(53)54)45-38(48)36-13-8-22-46(36)40(50)26(3)43-41(51)55-24-35-33-11-6-4-9-31(33)32-10-5-7-12-34(32)35/h4-7,9-12,14-21,25-26,35-37H,8,13,22-24H2,1-3H3,(H,43,51)(H,44,49)(H,45,48)/t26-,36-,37-/m0/s1. The topological polar surface area (TPSA) is 196 Å². The van der Waals surface area contributed by atoms with Crippen LogP contribution >= 0.6 is 0 Å². The highest BCUT2D eigenvalue weighted by atomic mass is 16.7. The largest absolute Gasteiger partial charge is 0.514 e. The van der Waals surface area contributed by atoms with Gasteiger partial charge in [-0.2, -0.15) is 0 Å². The number of nitro groups is 1. The molecule has 1 fully saturated rings. The number of benzene rings is 4. The summed E-state index contributed by atoms with van der Waals surface area (Å²) in [4.78, 5) is 77.2. The number of carbonyl (C=O) groups is 5. The third kappa shape index (κ3) is 9.55. The van der Waals surface area contributed by atoms with E-state index < -0.39 is 53.0 Å². The molecule has 0 saturated carbocycles. The van der Waals surface area contributed by atoms with Crippen molar-refractivity contribution in [3.05, 3.63) is 124 Å². The fraction of sp³-hybridized carbons (Fsp3) is 0.310. The van der Waals surface area contributed by atoms with Gasteiger partial charge in [0.1, 0.15) is 37.1 Å². The number of hydrogen-bond donors (Lipinski definition) is 3. The van der Waals surface area contributed by atoms with Gasteiger partial charge in [-0.15, -0.1) is 0 Å². The Morgan fingerprint density at radius 2 is 1.46 bits per heavy atom. The van der Waals surface area contributed by atoms with E-state index in [9.17, 15) is 34.1 Å². The Morgan fingerprint density at radius 1 is 0.825 bits per heavy atom. The zero-order valence-electron chi connectivity index (χ0n) is 31.6. The lowest BCUT2D eigenvalue weighted by atomic mass is 9.98. The summed E-state index contributed by atoms with van der Waals surface area (Å²) in [6, 6.07) is 24.7. The van der Waals surface area contributed by atoms with Crippen molar-refractivity contribution in [1.82, 2.24) is 15.5 Å². The highest BCUT2D eigenvalue weighted by molar-refractivity contribution is 5.99. The first-order chi connectivity index (χ1) is 27.4. The SMILES string of the molecule is CC(C)[C@H](NC(=O)[C@@H]1CCCN1C(=O)[C@H](C)NC(=O)OCC1c2ccccc2-c2ccccc21)C(=O)Nc1ccc(COC(=O)Oc2ccc([N+](=O)[O-])cc2)cc1. The molecule has 1 heterocycles. The van der Waals surface area contributed by atoms with Gasteiger partial charge < -0.3 is 35.1 Å². The molecule has 3 N–H and O–H groups in total. The first-order valence-corrected chi connectivity index (χ1v) is 18.6. The number of ether oxygens (including phenoxy) is 3. The number of nitrogens with zero attached hydrogens (tertiary/aromatic N) is 2. The van der Waals surface area contributed by atoms with E-state index in [-0.39, 0.29) is 36.5 Å². The van der Waals surface area contributed by atoms with Crippen molar-refractivity contribution in [1.29, 1.82) is 0 Å². The van der Waals surface area contributed by atoms with Gasteiger partial charge in [0.2, 0.25) is 17.7 Å². The number of nitrogens with one attached hydrogen (secondary N) is 3. The Bertz CT molecular complexity index is 2090. The molecule has 0 radical (unpaired) electrons. The van der Waals surface area contributed by atoms with Crippen LogP contribution in [0.25, 0.3) is 11.1 Å². The van der Waals surface area contributed by atoms with Gasteiger partial charge in [-0.1, -0.05) is 74.5 Å². The van der Waals surface area contributed by atoms with E-state index in [0.717, 1.165) is 22.3 Å². The second-order valence-electron chi connectivity index (χ2n) is 14.2. The van der Waals surface area contributed by atoms with E-state index in [4.69, 9.17) is 14.2 Å². The molecule has 15 nitrogen and oxygen atoms in total. The average Bonchev–Trinajstić information content (AvgIpc) is 3.82. The van der Waals surface area contributed by atoms with Crippen LogP contribution in [0.3, 0.4) is 0 Å². The number of likely N-dealkylation sites (tertiary alicyclic amines) is 1. The van der Waals surface area contributed by atoms with Crippen LogP contribution in [-0.4, -0.2) is 71.1 Å². The molecule has 6 rings (SSSR count). The molecule has 296 valence electrons. The number of anilines is 1. The summed E-state index contributed by atoms with van der Waals surface area (Å²) in [5, 5.41) is 19.0. The first-order valence-electron chi connectivity index (χ1n) is 18.6. The predicted octanol–water partition coefficient (Wildman–Crippen LogP) is 6.31. The normalized spacial score (nSPS) is 15.4. The average molecular weight is 778 g/mol. The van der Waals surface area contributed by atoms with Gasteiger partial charge in [0.05, 0.1) is 4.92 Å². The van der Waals surface area contributed by atoms with Crippen molar-refractivity contribution in [3.63, 3.8) is 0 Å². The Labute approximate surface area is 328 Å². The van der Waals surface area contributed by atoms with Crippen molar-refractivity contribution in [3.8, 4) is 16.9 Å². The van der Waals surface area contributed by atoms with E-state index >= 15 is 0 Å². The molecule has 0 unspecified atom stereocenters. The zero-order chi connectivity index (χ0) is 40.6. The molecule has 1 aliphatic heterocycles. The minimum atomic E-state index is -0.999. The Balaban J connectivity index is 0.970. The number of amides is 4. The quantitative estimate of drug-likeness (QED) is 0.0599. The molecule has 1 aliphatic carbocycles. The summed E-state index contributed by atoms with van der Waals surface area (Å²) in [6.07, 6.45) is -0.768. The zero-order valence-corrected chi connectivity index (χ0v) is 31.6. The molecule has 1 saturated heterocycles. The molecule has 0 aromatic heterocycles. The van der Waals surface area contributed by atoms with Crippen molar-refractivity contribution in [2.45, 2.75) is 64.3 Å². The van der Waals surface area contributed by atoms with Gasteiger partial charge in [0.25, 0.3) is 5.69 Å². The number of non-ortho nitro benzene ring substituents is 1. The minimum absolute atomic E-state index is 0.0837. The van der Waals surface area contributed by atoms with Gasteiger partial charge >= 0.3 is 12.2 Å². The van der Waals surface area contributed by atoms with Gasteiger partial charge in [-0.3, -0.25) is 24.5 Å².